The maximum absolute atomic E-state index is 12.7. The van der Waals surface area contributed by atoms with Gasteiger partial charge in [0.1, 0.15) is 11.6 Å². The van der Waals surface area contributed by atoms with Gasteiger partial charge in [0.05, 0.1) is 0 Å². The highest BCUT2D eigenvalue weighted by atomic mass is 19.1. The zero-order valence-corrected chi connectivity index (χ0v) is 8.86. The third-order valence-corrected chi connectivity index (χ3v) is 2.42. The van der Waals surface area contributed by atoms with Crippen molar-refractivity contribution >= 4 is 0 Å². The van der Waals surface area contributed by atoms with E-state index < -0.39 is 0 Å². The molecule has 2 aromatic rings. The number of hydrogen-bond acceptors (Lipinski definition) is 2. The standard InChI is InChI=1S/C12H14FN3/c13-10-3-1-9(2-4-10)7-11(14)8-12-15-5-6-16-12/h1-6,11H,7-8,14H2,(H,15,16). The van der Waals surface area contributed by atoms with E-state index in [1.807, 2.05) is 0 Å². The van der Waals surface area contributed by atoms with E-state index in [9.17, 15) is 4.39 Å². The number of nitrogens with two attached hydrogens (primary N) is 1. The molecule has 0 saturated heterocycles. The van der Waals surface area contributed by atoms with Gasteiger partial charge in [-0.1, -0.05) is 12.1 Å². The second-order valence-corrected chi connectivity index (χ2v) is 3.83. The molecule has 2 rings (SSSR count). The highest BCUT2D eigenvalue weighted by Crippen LogP contribution is 2.06. The molecule has 0 aliphatic carbocycles. The van der Waals surface area contributed by atoms with Gasteiger partial charge in [0.25, 0.3) is 0 Å². The Morgan fingerprint density at radius 2 is 2.00 bits per heavy atom. The molecule has 0 radical (unpaired) electrons. The molecule has 1 unspecified atom stereocenters. The second kappa shape index (κ2) is 4.90. The van der Waals surface area contributed by atoms with Crippen LogP contribution in [-0.2, 0) is 12.8 Å². The molecule has 1 atom stereocenters. The van der Waals surface area contributed by atoms with Crippen LogP contribution in [0.25, 0.3) is 0 Å². The van der Waals surface area contributed by atoms with E-state index in [4.69, 9.17) is 5.73 Å². The van der Waals surface area contributed by atoms with Crippen LogP contribution in [0, 0.1) is 5.82 Å². The highest BCUT2D eigenvalue weighted by molar-refractivity contribution is 5.17. The molecule has 0 bridgehead atoms. The lowest BCUT2D eigenvalue weighted by Crippen LogP contribution is -2.26. The SMILES string of the molecule is NC(Cc1ccc(F)cc1)Cc1ncc[nH]1. The molecule has 4 heteroatoms. The monoisotopic (exact) mass is 219 g/mol. The van der Waals surface area contributed by atoms with Crippen molar-refractivity contribution in [3.63, 3.8) is 0 Å². The van der Waals surface area contributed by atoms with Crippen LogP contribution in [0.1, 0.15) is 11.4 Å². The molecule has 1 aromatic carbocycles. The predicted octanol–water partition coefficient (Wildman–Crippen LogP) is 1.66. The summed E-state index contributed by atoms with van der Waals surface area (Å²) in [7, 11) is 0. The van der Waals surface area contributed by atoms with Crippen molar-refractivity contribution in [2.24, 2.45) is 5.73 Å². The van der Waals surface area contributed by atoms with Crippen LogP contribution in [0.5, 0.6) is 0 Å². The molecular weight excluding hydrogens is 205 g/mol. The average Bonchev–Trinajstić information content (AvgIpc) is 2.74. The number of H-pyrrole nitrogens is 1. The Hall–Kier alpha value is -1.68. The fourth-order valence-electron chi connectivity index (χ4n) is 1.65. The van der Waals surface area contributed by atoms with Crippen molar-refractivity contribution in [2.75, 3.05) is 0 Å². The van der Waals surface area contributed by atoms with E-state index in [-0.39, 0.29) is 11.9 Å². The molecule has 84 valence electrons. The Labute approximate surface area is 93.5 Å². The molecular formula is C12H14FN3. The summed E-state index contributed by atoms with van der Waals surface area (Å²) < 4.78 is 12.7. The van der Waals surface area contributed by atoms with E-state index in [1.54, 1.807) is 24.5 Å². The summed E-state index contributed by atoms with van der Waals surface area (Å²) in [6.45, 7) is 0. The minimum Gasteiger partial charge on any atom is -0.349 e. The van der Waals surface area contributed by atoms with E-state index in [0.29, 0.717) is 6.42 Å². The van der Waals surface area contributed by atoms with Crippen LogP contribution >= 0.6 is 0 Å². The summed E-state index contributed by atoms with van der Waals surface area (Å²) in [5.74, 6) is 0.665. The fraction of sp³-hybridized carbons (Fsp3) is 0.250. The third-order valence-electron chi connectivity index (χ3n) is 2.42. The van der Waals surface area contributed by atoms with Crippen LogP contribution in [0.3, 0.4) is 0 Å². The smallest absolute Gasteiger partial charge is 0.123 e. The average molecular weight is 219 g/mol. The maximum Gasteiger partial charge on any atom is 0.123 e. The van der Waals surface area contributed by atoms with Crippen LogP contribution in [-0.4, -0.2) is 16.0 Å². The van der Waals surface area contributed by atoms with Gasteiger partial charge in [0, 0.05) is 24.9 Å². The van der Waals surface area contributed by atoms with E-state index in [2.05, 4.69) is 9.97 Å². The van der Waals surface area contributed by atoms with Crippen molar-refractivity contribution < 1.29 is 4.39 Å². The van der Waals surface area contributed by atoms with Gasteiger partial charge >= 0.3 is 0 Å². The quantitative estimate of drug-likeness (QED) is 0.821. The second-order valence-electron chi connectivity index (χ2n) is 3.83. The molecule has 0 saturated carbocycles. The summed E-state index contributed by atoms with van der Waals surface area (Å²) in [6.07, 6.45) is 4.91. The van der Waals surface area contributed by atoms with Gasteiger partial charge in [-0.05, 0) is 24.1 Å². The van der Waals surface area contributed by atoms with Gasteiger partial charge < -0.3 is 10.7 Å². The summed E-state index contributed by atoms with van der Waals surface area (Å²) >= 11 is 0. The summed E-state index contributed by atoms with van der Waals surface area (Å²) in [6, 6.07) is 6.43. The molecule has 0 fully saturated rings. The maximum atomic E-state index is 12.7. The Morgan fingerprint density at radius 3 is 2.62 bits per heavy atom. The lowest BCUT2D eigenvalue weighted by Gasteiger charge is -2.09. The summed E-state index contributed by atoms with van der Waals surface area (Å²) in [4.78, 5) is 7.13. The molecule has 1 heterocycles. The van der Waals surface area contributed by atoms with Crippen LogP contribution in [0.15, 0.2) is 36.7 Å². The first-order chi connectivity index (χ1) is 7.74. The minimum atomic E-state index is -0.219. The first-order valence-electron chi connectivity index (χ1n) is 5.22. The molecule has 3 nitrogen and oxygen atoms in total. The Morgan fingerprint density at radius 1 is 1.25 bits per heavy atom. The van der Waals surface area contributed by atoms with Crippen molar-refractivity contribution in [3.05, 3.63) is 53.9 Å². The molecule has 3 N–H and O–H groups in total. The number of aromatic amines is 1. The van der Waals surface area contributed by atoms with Crippen LogP contribution in [0.2, 0.25) is 0 Å². The molecule has 16 heavy (non-hydrogen) atoms. The molecule has 1 aromatic heterocycles. The molecule has 0 aliphatic heterocycles. The fourth-order valence-corrected chi connectivity index (χ4v) is 1.65. The molecule has 0 amide bonds. The topological polar surface area (TPSA) is 54.7 Å². The zero-order valence-electron chi connectivity index (χ0n) is 8.86. The third kappa shape index (κ3) is 2.90. The number of hydrogen-bond donors (Lipinski definition) is 2. The van der Waals surface area contributed by atoms with Gasteiger partial charge in [-0.2, -0.15) is 0 Å². The Balaban J connectivity index is 1.92. The van der Waals surface area contributed by atoms with Gasteiger partial charge in [-0.25, -0.2) is 9.37 Å². The zero-order chi connectivity index (χ0) is 11.4. The van der Waals surface area contributed by atoms with Crippen molar-refractivity contribution in [3.8, 4) is 0 Å². The van der Waals surface area contributed by atoms with Gasteiger partial charge in [0.15, 0.2) is 0 Å². The number of aromatic nitrogens is 2. The van der Waals surface area contributed by atoms with Gasteiger partial charge in [-0.15, -0.1) is 0 Å². The normalized spacial score (nSPS) is 12.6. The minimum absolute atomic E-state index is 0.00314. The Kier molecular flexibility index (Phi) is 3.31. The van der Waals surface area contributed by atoms with E-state index in [1.165, 1.54) is 12.1 Å². The largest absolute Gasteiger partial charge is 0.349 e. The number of benzene rings is 1. The number of rotatable bonds is 4. The van der Waals surface area contributed by atoms with Gasteiger partial charge in [0.2, 0.25) is 0 Å². The first kappa shape index (κ1) is 10.8. The number of halogens is 1. The van der Waals surface area contributed by atoms with Crippen molar-refractivity contribution in [1.82, 2.24) is 9.97 Å². The van der Waals surface area contributed by atoms with Crippen molar-refractivity contribution in [1.29, 1.82) is 0 Å². The van der Waals surface area contributed by atoms with Gasteiger partial charge in [-0.3, -0.25) is 0 Å². The lowest BCUT2D eigenvalue weighted by molar-refractivity contribution is 0.621. The lowest BCUT2D eigenvalue weighted by atomic mass is 10.0. The predicted molar refractivity (Wildman–Crippen MR) is 60.4 cm³/mol. The first-order valence-corrected chi connectivity index (χ1v) is 5.22. The summed E-state index contributed by atoms with van der Waals surface area (Å²) in [5.41, 5.74) is 7.02. The van der Waals surface area contributed by atoms with Crippen LogP contribution in [0.4, 0.5) is 4.39 Å². The molecule has 0 spiro atoms. The molecule has 0 aliphatic rings. The van der Waals surface area contributed by atoms with E-state index in [0.717, 1.165) is 17.8 Å². The number of nitrogens with zero attached hydrogens (tertiary/aromatic N) is 1. The number of imidazole rings is 1. The highest BCUT2D eigenvalue weighted by Gasteiger charge is 2.06. The summed E-state index contributed by atoms with van der Waals surface area (Å²) in [5, 5.41) is 0. The Bertz CT molecular complexity index is 422. The van der Waals surface area contributed by atoms with Crippen LogP contribution < -0.4 is 5.73 Å². The van der Waals surface area contributed by atoms with Crippen molar-refractivity contribution in [2.45, 2.75) is 18.9 Å². The van der Waals surface area contributed by atoms with E-state index >= 15 is 0 Å². The number of nitrogens with one attached hydrogen (secondary N) is 1.